The highest BCUT2D eigenvalue weighted by Gasteiger charge is 2.11. The van der Waals surface area contributed by atoms with Gasteiger partial charge in [-0.1, -0.05) is 6.08 Å². The number of aliphatic imine (C=N–C) groups is 3. The van der Waals surface area contributed by atoms with E-state index in [2.05, 4.69) is 75.7 Å². The van der Waals surface area contributed by atoms with Crippen molar-refractivity contribution in [1.82, 2.24) is 15.0 Å². The van der Waals surface area contributed by atoms with E-state index in [9.17, 15) is 0 Å². The molecule has 6 heteroatoms. The highest BCUT2D eigenvalue weighted by atomic mass is 14.8. The van der Waals surface area contributed by atoms with Crippen LogP contribution in [-0.4, -0.2) is 38.1 Å². The number of allylic oxidation sites excluding steroid dienone is 6. The standard InChI is InChI=1S/C30H22N6/c1-2-20-14-22-5-6-24(33-22)16-26-9-10-28(35-26)18-30-12-11-29(36-30)17-27-8-7-25(34-27)15-23-4-3-21(32-23)13-19(1)31-20/h1-19,34-36H/b21-13-,22-14?,25-15+,26-16-,27-17-,28-18?. The molecule has 7 rings (SSSR count). The second-order valence-electron chi connectivity index (χ2n) is 8.99. The van der Waals surface area contributed by atoms with Crippen molar-refractivity contribution in [3.63, 3.8) is 0 Å². The first-order valence-corrected chi connectivity index (χ1v) is 11.9. The summed E-state index contributed by atoms with van der Waals surface area (Å²) in [6.45, 7) is 0. The molecule has 1 unspecified atom stereocenters. The van der Waals surface area contributed by atoms with E-state index >= 15 is 0 Å². The van der Waals surface area contributed by atoms with Crippen LogP contribution < -0.4 is 21.4 Å². The lowest BCUT2D eigenvalue weighted by Gasteiger charge is -1.97. The van der Waals surface area contributed by atoms with Gasteiger partial charge in [0.2, 0.25) is 0 Å². The minimum atomic E-state index is -0.0310. The van der Waals surface area contributed by atoms with Gasteiger partial charge in [-0.3, -0.25) is 4.99 Å². The van der Waals surface area contributed by atoms with Gasteiger partial charge in [0.05, 0.1) is 34.6 Å². The number of rotatable bonds is 0. The van der Waals surface area contributed by atoms with Gasteiger partial charge in [-0.25, -0.2) is 9.98 Å². The van der Waals surface area contributed by atoms with Crippen molar-refractivity contribution in [1.29, 1.82) is 0 Å². The van der Waals surface area contributed by atoms with Crippen LogP contribution in [0.1, 0.15) is 11.4 Å². The Morgan fingerprint density at radius 3 is 1.75 bits per heavy atom. The summed E-state index contributed by atoms with van der Waals surface area (Å²) < 4.78 is 0. The molecule has 12 bridgehead atoms. The molecule has 0 spiro atoms. The zero-order valence-corrected chi connectivity index (χ0v) is 19.3. The largest absolute Gasteiger partial charge is 0.355 e. The zero-order valence-electron chi connectivity index (χ0n) is 19.3. The van der Waals surface area contributed by atoms with Crippen LogP contribution in [0.4, 0.5) is 0 Å². The van der Waals surface area contributed by atoms with Crippen LogP contribution in [0.2, 0.25) is 0 Å². The molecule has 0 radical (unpaired) electrons. The summed E-state index contributed by atoms with van der Waals surface area (Å²) >= 11 is 0. The summed E-state index contributed by atoms with van der Waals surface area (Å²) in [5.74, 6) is 0. The highest BCUT2D eigenvalue weighted by molar-refractivity contribution is 6.20. The van der Waals surface area contributed by atoms with Crippen LogP contribution in [0.25, 0.3) is 24.3 Å². The molecule has 0 aromatic carbocycles. The summed E-state index contributed by atoms with van der Waals surface area (Å²) in [5, 5.41) is 4.05. The number of aromatic amines is 3. The molecule has 172 valence electrons. The maximum atomic E-state index is 4.79. The Labute approximate surface area is 206 Å². The van der Waals surface area contributed by atoms with Crippen LogP contribution in [0.3, 0.4) is 0 Å². The van der Waals surface area contributed by atoms with Gasteiger partial charge in [0, 0.05) is 32.8 Å². The fourth-order valence-electron chi connectivity index (χ4n) is 4.53. The molecule has 1 atom stereocenters. The number of fused-ring (bicyclic) bond motifs is 9. The number of hydrogen-bond acceptors (Lipinski definition) is 3. The lowest BCUT2D eigenvalue weighted by molar-refractivity contribution is 1.04. The van der Waals surface area contributed by atoms with Crippen LogP contribution in [0.5, 0.6) is 0 Å². The lowest BCUT2D eigenvalue weighted by Crippen LogP contribution is -2.11. The van der Waals surface area contributed by atoms with Crippen LogP contribution >= 0.6 is 0 Å². The highest BCUT2D eigenvalue weighted by Crippen LogP contribution is 2.17. The number of aromatic nitrogens is 3. The van der Waals surface area contributed by atoms with Gasteiger partial charge in [-0.2, -0.15) is 0 Å². The van der Waals surface area contributed by atoms with E-state index in [1.54, 1.807) is 0 Å². The fourth-order valence-corrected chi connectivity index (χ4v) is 4.53. The Bertz CT molecular complexity index is 1890. The maximum Gasteiger partial charge on any atom is 0.0895 e. The Morgan fingerprint density at radius 2 is 1.08 bits per heavy atom. The number of nitrogens with zero attached hydrogens (tertiary/aromatic N) is 3. The van der Waals surface area contributed by atoms with Crippen LogP contribution in [0.15, 0.2) is 111 Å². The van der Waals surface area contributed by atoms with E-state index in [4.69, 9.17) is 15.0 Å². The summed E-state index contributed by atoms with van der Waals surface area (Å²) in [7, 11) is 0. The van der Waals surface area contributed by atoms with Gasteiger partial charge in [-0.15, -0.1) is 0 Å². The molecular weight excluding hydrogens is 444 g/mol. The summed E-state index contributed by atoms with van der Waals surface area (Å²) in [6.07, 6.45) is 24.6. The van der Waals surface area contributed by atoms with E-state index < -0.39 is 0 Å². The van der Waals surface area contributed by atoms with Crippen molar-refractivity contribution in [2.45, 2.75) is 6.04 Å². The molecule has 6 nitrogen and oxygen atoms in total. The quantitative estimate of drug-likeness (QED) is 0.453. The zero-order chi connectivity index (χ0) is 23.9. The van der Waals surface area contributed by atoms with Gasteiger partial charge in [0.25, 0.3) is 0 Å². The Kier molecular flexibility index (Phi) is 4.74. The summed E-state index contributed by atoms with van der Waals surface area (Å²) in [5.41, 5.74) is 6.58. The van der Waals surface area contributed by atoms with Crippen molar-refractivity contribution in [3.8, 4) is 0 Å². The van der Waals surface area contributed by atoms with Gasteiger partial charge >= 0.3 is 0 Å². The predicted molar refractivity (Wildman–Crippen MR) is 147 cm³/mol. The Morgan fingerprint density at radius 1 is 0.500 bits per heavy atom. The number of hydrogen-bond donors (Lipinski definition) is 3. The third-order valence-corrected chi connectivity index (χ3v) is 6.19. The third kappa shape index (κ3) is 4.28. The van der Waals surface area contributed by atoms with E-state index in [1.807, 2.05) is 48.6 Å². The van der Waals surface area contributed by atoms with Gasteiger partial charge in [0.15, 0.2) is 0 Å². The Hall–Kier alpha value is -4.97. The number of H-pyrrole nitrogens is 3. The smallest absolute Gasteiger partial charge is 0.0895 e. The molecule has 3 aromatic heterocycles. The van der Waals surface area contributed by atoms with Crippen molar-refractivity contribution in [2.24, 2.45) is 15.0 Å². The van der Waals surface area contributed by atoms with Crippen molar-refractivity contribution >= 4 is 41.4 Å². The number of nitrogens with one attached hydrogen (secondary N) is 3. The van der Waals surface area contributed by atoms with Gasteiger partial charge in [-0.05, 0) is 103 Å². The van der Waals surface area contributed by atoms with Crippen LogP contribution in [-0.2, 0) is 0 Å². The SMILES string of the molecule is C1=CC2=NC1=CC1=NC(C=C1)/C=C1/C=CC(=N1)/C=c1\cc/c([nH]1)=C/c1ccc([nH]1)C=c1cc/c([nH]1)=C/2. The first-order valence-electron chi connectivity index (χ1n) is 11.9. The monoisotopic (exact) mass is 466 g/mol. The summed E-state index contributed by atoms with van der Waals surface area (Å²) in [6, 6.07) is 12.4. The summed E-state index contributed by atoms with van der Waals surface area (Å²) in [4.78, 5) is 24.6. The van der Waals surface area contributed by atoms with E-state index in [1.165, 1.54) is 0 Å². The van der Waals surface area contributed by atoms with Crippen molar-refractivity contribution in [3.05, 3.63) is 129 Å². The molecule has 3 aromatic rings. The van der Waals surface area contributed by atoms with Crippen molar-refractivity contribution < 1.29 is 0 Å². The molecule has 0 fully saturated rings. The van der Waals surface area contributed by atoms with Crippen LogP contribution in [0, 0.1) is 0 Å². The van der Waals surface area contributed by atoms with Crippen molar-refractivity contribution in [2.75, 3.05) is 0 Å². The first-order chi connectivity index (χ1) is 17.7. The molecule has 3 N–H and O–H groups in total. The second-order valence-corrected chi connectivity index (χ2v) is 8.99. The molecule has 4 aliphatic heterocycles. The average molecular weight is 467 g/mol. The molecule has 0 saturated heterocycles. The third-order valence-electron chi connectivity index (χ3n) is 6.19. The minimum absolute atomic E-state index is 0.0310. The molecule has 0 aliphatic carbocycles. The Balaban J connectivity index is 1.33. The molecule has 0 saturated carbocycles. The fraction of sp³-hybridized carbons (Fsp3) is 0.0333. The molecule has 36 heavy (non-hydrogen) atoms. The van der Waals surface area contributed by atoms with E-state index in [0.717, 1.165) is 61.3 Å². The van der Waals surface area contributed by atoms with Gasteiger partial charge < -0.3 is 15.0 Å². The normalized spacial score (nSPS) is 23.9. The topological polar surface area (TPSA) is 84.4 Å². The molecule has 4 aliphatic rings. The lowest BCUT2D eigenvalue weighted by atomic mass is 10.2. The first kappa shape index (κ1) is 20.4. The van der Waals surface area contributed by atoms with E-state index in [0.29, 0.717) is 0 Å². The molecule has 0 amide bonds. The van der Waals surface area contributed by atoms with E-state index in [-0.39, 0.29) is 6.04 Å². The molecule has 7 heterocycles. The predicted octanol–water partition coefficient (Wildman–Crippen LogP) is 2.07. The van der Waals surface area contributed by atoms with Gasteiger partial charge in [0.1, 0.15) is 0 Å². The maximum absolute atomic E-state index is 4.79. The molecular formula is C30H22N6. The second kappa shape index (κ2) is 8.36. The minimum Gasteiger partial charge on any atom is -0.355 e. The average Bonchev–Trinajstić information content (AvgIpc) is 3.68.